The number of rotatable bonds is 5. The summed E-state index contributed by atoms with van der Waals surface area (Å²) >= 11 is 0. The minimum atomic E-state index is -0.136. The standard InChI is InChI=1S/C16H25FN2O/c1-12(18-2)16-14(17)5-4-6-15(16)19(3)11-13-7-9-20-10-8-13/h4-6,12-13,18H,7-11H2,1-3H3. The quantitative estimate of drug-likeness (QED) is 0.897. The number of hydrogen-bond acceptors (Lipinski definition) is 3. The molecule has 1 atom stereocenters. The Bertz CT molecular complexity index is 432. The molecular weight excluding hydrogens is 255 g/mol. The van der Waals surface area contributed by atoms with Gasteiger partial charge in [-0.2, -0.15) is 0 Å². The number of anilines is 1. The first-order valence-corrected chi connectivity index (χ1v) is 7.38. The van der Waals surface area contributed by atoms with Crippen LogP contribution in [0.1, 0.15) is 31.4 Å². The van der Waals surface area contributed by atoms with Crippen molar-refractivity contribution < 1.29 is 9.13 Å². The minimum absolute atomic E-state index is 0.00309. The van der Waals surface area contributed by atoms with E-state index in [9.17, 15) is 4.39 Å². The van der Waals surface area contributed by atoms with Crippen molar-refractivity contribution in [3.05, 3.63) is 29.6 Å². The van der Waals surface area contributed by atoms with Crippen LogP contribution in [0, 0.1) is 11.7 Å². The Morgan fingerprint density at radius 3 is 2.75 bits per heavy atom. The summed E-state index contributed by atoms with van der Waals surface area (Å²) in [5.74, 6) is 0.498. The average molecular weight is 280 g/mol. The van der Waals surface area contributed by atoms with E-state index < -0.39 is 0 Å². The second-order valence-electron chi connectivity index (χ2n) is 5.62. The van der Waals surface area contributed by atoms with Crippen LogP contribution >= 0.6 is 0 Å². The van der Waals surface area contributed by atoms with Crippen LogP contribution in [0.4, 0.5) is 10.1 Å². The third kappa shape index (κ3) is 3.49. The van der Waals surface area contributed by atoms with Gasteiger partial charge in [-0.15, -0.1) is 0 Å². The summed E-state index contributed by atoms with van der Waals surface area (Å²) < 4.78 is 19.5. The third-order valence-electron chi connectivity index (χ3n) is 4.18. The van der Waals surface area contributed by atoms with Gasteiger partial charge in [0.15, 0.2) is 0 Å². The maximum Gasteiger partial charge on any atom is 0.130 e. The molecule has 0 bridgehead atoms. The molecule has 112 valence electrons. The van der Waals surface area contributed by atoms with Crippen LogP contribution in [0.5, 0.6) is 0 Å². The third-order valence-corrected chi connectivity index (χ3v) is 4.18. The Balaban J connectivity index is 2.15. The Labute approximate surface area is 121 Å². The summed E-state index contributed by atoms with van der Waals surface area (Å²) in [5.41, 5.74) is 1.74. The molecule has 0 saturated carbocycles. The normalized spacial score (nSPS) is 18.0. The maximum atomic E-state index is 14.1. The van der Waals surface area contributed by atoms with Crippen molar-refractivity contribution in [1.29, 1.82) is 0 Å². The van der Waals surface area contributed by atoms with E-state index in [1.165, 1.54) is 6.07 Å². The van der Waals surface area contributed by atoms with Crippen molar-refractivity contribution in [2.45, 2.75) is 25.8 Å². The first-order chi connectivity index (χ1) is 9.63. The van der Waals surface area contributed by atoms with Crippen LogP contribution in [0.25, 0.3) is 0 Å². The molecular formula is C16H25FN2O. The summed E-state index contributed by atoms with van der Waals surface area (Å²) in [5, 5.41) is 3.13. The molecule has 1 aromatic carbocycles. The van der Waals surface area contributed by atoms with E-state index in [-0.39, 0.29) is 11.9 Å². The molecule has 0 aliphatic carbocycles. The van der Waals surface area contributed by atoms with Crippen molar-refractivity contribution >= 4 is 5.69 Å². The molecule has 1 saturated heterocycles. The fourth-order valence-corrected chi connectivity index (χ4v) is 2.85. The van der Waals surface area contributed by atoms with Crippen LogP contribution in [0.3, 0.4) is 0 Å². The van der Waals surface area contributed by atoms with Gasteiger partial charge in [0, 0.05) is 44.1 Å². The number of ether oxygens (including phenoxy) is 1. The highest BCUT2D eigenvalue weighted by molar-refractivity contribution is 5.55. The molecule has 1 aliphatic rings. The molecule has 2 rings (SSSR count). The monoisotopic (exact) mass is 280 g/mol. The summed E-state index contributed by atoms with van der Waals surface area (Å²) in [6, 6.07) is 5.33. The van der Waals surface area contributed by atoms with Gasteiger partial charge < -0.3 is 15.0 Å². The molecule has 0 amide bonds. The predicted molar refractivity (Wildman–Crippen MR) is 80.7 cm³/mol. The highest BCUT2D eigenvalue weighted by Gasteiger charge is 2.20. The molecule has 20 heavy (non-hydrogen) atoms. The largest absolute Gasteiger partial charge is 0.381 e. The molecule has 0 aromatic heterocycles. The highest BCUT2D eigenvalue weighted by Crippen LogP contribution is 2.29. The molecule has 3 nitrogen and oxygen atoms in total. The maximum absolute atomic E-state index is 14.1. The van der Waals surface area contributed by atoms with Gasteiger partial charge in [0.05, 0.1) is 0 Å². The molecule has 1 fully saturated rings. The SMILES string of the molecule is CNC(C)c1c(F)cccc1N(C)CC1CCOCC1. The zero-order valence-corrected chi connectivity index (χ0v) is 12.7. The molecule has 1 aromatic rings. The van der Waals surface area contributed by atoms with Gasteiger partial charge in [-0.25, -0.2) is 4.39 Å². The molecule has 4 heteroatoms. The van der Waals surface area contributed by atoms with Crippen molar-refractivity contribution in [2.75, 3.05) is 38.8 Å². The molecule has 0 radical (unpaired) electrons. The molecule has 1 heterocycles. The summed E-state index contributed by atoms with van der Waals surface area (Å²) in [6.07, 6.45) is 2.19. The van der Waals surface area contributed by atoms with Crippen LogP contribution in [0.15, 0.2) is 18.2 Å². The van der Waals surface area contributed by atoms with E-state index in [2.05, 4.69) is 17.3 Å². The van der Waals surface area contributed by atoms with Gasteiger partial charge in [-0.05, 0) is 44.9 Å². The van der Waals surface area contributed by atoms with E-state index in [0.29, 0.717) is 5.92 Å². The smallest absolute Gasteiger partial charge is 0.130 e. The summed E-state index contributed by atoms with van der Waals surface area (Å²) in [6.45, 7) is 4.64. The minimum Gasteiger partial charge on any atom is -0.381 e. The van der Waals surface area contributed by atoms with Gasteiger partial charge in [0.25, 0.3) is 0 Å². The van der Waals surface area contributed by atoms with Gasteiger partial charge >= 0.3 is 0 Å². The van der Waals surface area contributed by atoms with Gasteiger partial charge in [0.2, 0.25) is 0 Å². The van der Waals surface area contributed by atoms with Gasteiger partial charge in [-0.3, -0.25) is 0 Å². The lowest BCUT2D eigenvalue weighted by Gasteiger charge is -2.30. The summed E-state index contributed by atoms with van der Waals surface area (Å²) in [4.78, 5) is 2.18. The zero-order chi connectivity index (χ0) is 14.5. The van der Waals surface area contributed by atoms with E-state index in [4.69, 9.17) is 4.74 Å². The van der Waals surface area contributed by atoms with E-state index in [0.717, 1.165) is 43.9 Å². The first kappa shape index (κ1) is 15.3. The number of benzene rings is 1. The Morgan fingerprint density at radius 1 is 1.40 bits per heavy atom. The number of nitrogens with one attached hydrogen (secondary N) is 1. The van der Waals surface area contributed by atoms with Gasteiger partial charge in [0.1, 0.15) is 5.82 Å². The summed E-state index contributed by atoms with van der Waals surface area (Å²) in [7, 11) is 3.91. The van der Waals surface area contributed by atoms with E-state index in [1.54, 1.807) is 6.07 Å². The molecule has 1 unspecified atom stereocenters. The lowest BCUT2D eigenvalue weighted by molar-refractivity contribution is 0.0685. The van der Waals surface area contributed by atoms with E-state index >= 15 is 0 Å². The van der Waals surface area contributed by atoms with Crippen LogP contribution in [-0.4, -0.2) is 33.9 Å². The zero-order valence-electron chi connectivity index (χ0n) is 12.7. The van der Waals surface area contributed by atoms with Crippen molar-refractivity contribution in [2.24, 2.45) is 5.92 Å². The fourth-order valence-electron chi connectivity index (χ4n) is 2.85. The topological polar surface area (TPSA) is 24.5 Å². The lowest BCUT2D eigenvalue weighted by atomic mass is 9.98. The molecule has 1 N–H and O–H groups in total. The number of hydrogen-bond donors (Lipinski definition) is 1. The molecule has 1 aliphatic heterocycles. The van der Waals surface area contributed by atoms with Gasteiger partial charge in [-0.1, -0.05) is 6.07 Å². The van der Waals surface area contributed by atoms with Crippen LogP contribution in [-0.2, 0) is 4.74 Å². The number of halogens is 1. The Kier molecular flexibility index (Phi) is 5.38. The molecule has 0 spiro atoms. The van der Waals surface area contributed by atoms with Crippen LogP contribution < -0.4 is 10.2 Å². The Morgan fingerprint density at radius 2 is 2.10 bits per heavy atom. The van der Waals surface area contributed by atoms with Crippen LogP contribution in [0.2, 0.25) is 0 Å². The van der Waals surface area contributed by atoms with Crippen molar-refractivity contribution in [3.63, 3.8) is 0 Å². The Hall–Kier alpha value is -1.13. The lowest BCUT2D eigenvalue weighted by Crippen LogP contribution is -2.31. The highest BCUT2D eigenvalue weighted by atomic mass is 19.1. The van der Waals surface area contributed by atoms with Crippen molar-refractivity contribution in [3.8, 4) is 0 Å². The fraction of sp³-hybridized carbons (Fsp3) is 0.625. The van der Waals surface area contributed by atoms with Crippen molar-refractivity contribution in [1.82, 2.24) is 5.32 Å². The van der Waals surface area contributed by atoms with E-state index in [1.807, 2.05) is 20.0 Å². The second-order valence-corrected chi connectivity index (χ2v) is 5.62. The first-order valence-electron chi connectivity index (χ1n) is 7.38. The average Bonchev–Trinajstić information content (AvgIpc) is 2.47. The number of nitrogens with zero attached hydrogens (tertiary/aromatic N) is 1. The predicted octanol–water partition coefficient (Wildman–Crippen LogP) is 2.97. The second kappa shape index (κ2) is 7.04.